The zero-order valence-corrected chi connectivity index (χ0v) is 10.6. The van der Waals surface area contributed by atoms with Gasteiger partial charge in [0.25, 0.3) is 0 Å². The maximum absolute atomic E-state index is 11.2. The topological polar surface area (TPSA) is 47.3 Å². The molecule has 1 aliphatic carbocycles. The molecule has 3 nitrogen and oxygen atoms in total. The lowest BCUT2D eigenvalue weighted by molar-refractivity contribution is -0.110. The van der Waals surface area contributed by atoms with Gasteiger partial charge in [0, 0.05) is 19.0 Å². The van der Waals surface area contributed by atoms with Crippen LogP contribution in [0.15, 0.2) is 24.3 Å². The molecule has 1 saturated heterocycles. The fourth-order valence-electron chi connectivity index (χ4n) is 3.64. The highest BCUT2D eigenvalue weighted by molar-refractivity contribution is 5.38. The maximum Gasteiger partial charge on any atom is 0.111 e. The van der Waals surface area contributed by atoms with Crippen molar-refractivity contribution in [1.29, 1.82) is 5.26 Å². The van der Waals surface area contributed by atoms with Crippen LogP contribution in [0.25, 0.3) is 0 Å². The van der Waals surface area contributed by atoms with Crippen molar-refractivity contribution >= 4 is 0 Å². The van der Waals surface area contributed by atoms with Gasteiger partial charge in [0.1, 0.15) is 5.60 Å². The Kier molecular flexibility index (Phi) is 2.65. The summed E-state index contributed by atoms with van der Waals surface area (Å²) in [5.41, 5.74) is 1.25. The Hall–Kier alpha value is -1.37. The standard InChI is InChI=1S/C15H18N2O/c1-17-9-12-7-6-11-4-2-3-5-14(11)15(12,18)13(8-16)10-17/h2-5,12-13,18H,6-7,9-10H2,1H3/t12-,13-,15-/m1/s1. The van der Waals surface area contributed by atoms with Crippen LogP contribution in [0.3, 0.4) is 0 Å². The largest absolute Gasteiger partial charge is 0.383 e. The fraction of sp³-hybridized carbons (Fsp3) is 0.533. The average molecular weight is 242 g/mol. The summed E-state index contributed by atoms with van der Waals surface area (Å²) >= 11 is 0. The Labute approximate surface area is 108 Å². The van der Waals surface area contributed by atoms with E-state index in [1.165, 1.54) is 5.56 Å². The van der Waals surface area contributed by atoms with Gasteiger partial charge in [-0.2, -0.15) is 5.26 Å². The predicted octanol–water partition coefficient (Wildman–Crippen LogP) is 1.52. The van der Waals surface area contributed by atoms with E-state index < -0.39 is 5.60 Å². The van der Waals surface area contributed by atoms with Crippen molar-refractivity contribution < 1.29 is 5.11 Å². The molecule has 0 spiro atoms. The Morgan fingerprint density at radius 2 is 2.17 bits per heavy atom. The van der Waals surface area contributed by atoms with Gasteiger partial charge in [0.15, 0.2) is 0 Å². The predicted molar refractivity (Wildman–Crippen MR) is 68.7 cm³/mol. The molecule has 1 aliphatic heterocycles. The van der Waals surface area contributed by atoms with Crippen LogP contribution in [0, 0.1) is 23.2 Å². The zero-order chi connectivity index (χ0) is 12.8. The summed E-state index contributed by atoms with van der Waals surface area (Å²) in [4.78, 5) is 2.17. The SMILES string of the molecule is CN1C[C@H]2CCc3ccccc3[C@]2(O)[C@H](C#N)C1. The average Bonchev–Trinajstić information content (AvgIpc) is 2.39. The third-order valence-corrected chi connectivity index (χ3v) is 4.55. The van der Waals surface area contributed by atoms with Crippen molar-refractivity contribution in [3.8, 4) is 6.07 Å². The van der Waals surface area contributed by atoms with Crippen molar-refractivity contribution in [2.75, 3.05) is 20.1 Å². The molecule has 0 aromatic heterocycles. The third-order valence-electron chi connectivity index (χ3n) is 4.55. The Morgan fingerprint density at radius 3 is 2.94 bits per heavy atom. The van der Waals surface area contributed by atoms with Gasteiger partial charge in [0.2, 0.25) is 0 Å². The molecule has 2 aliphatic rings. The summed E-state index contributed by atoms with van der Waals surface area (Å²) in [6, 6.07) is 10.4. The van der Waals surface area contributed by atoms with Gasteiger partial charge in [-0.15, -0.1) is 0 Å². The number of fused-ring (bicyclic) bond motifs is 3. The highest BCUT2D eigenvalue weighted by Gasteiger charge is 2.51. The van der Waals surface area contributed by atoms with Crippen molar-refractivity contribution in [2.45, 2.75) is 18.4 Å². The molecule has 1 N–H and O–H groups in total. The number of likely N-dealkylation sites (tertiary alicyclic amines) is 1. The first kappa shape index (κ1) is 11.7. The van der Waals surface area contributed by atoms with Crippen LogP contribution >= 0.6 is 0 Å². The summed E-state index contributed by atoms with van der Waals surface area (Å²) in [5.74, 6) is -0.154. The molecule has 1 heterocycles. The van der Waals surface area contributed by atoms with Crippen molar-refractivity contribution in [2.24, 2.45) is 11.8 Å². The van der Waals surface area contributed by atoms with Crippen molar-refractivity contribution in [3.63, 3.8) is 0 Å². The minimum Gasteiger partial charge on any atom is -0.383 e. The second-order valence-corrected chi connectivity index (χ2v) is 5.62. The first-order valence-corrected chi connectivity index (χ1v) is 6.55. The minimum absolute atomic E-state index is 0.177. The molecule has 0 bridgehead atoms. The number of aryl methyl sites for hydroxylation is 1. The Balaban J connectivity index is 2.12. The number of benzene rings is 1. The summed E-state index contributed by atoms with van der Waals surface area (Å²) < 4.78 is 0. The zero-order valence-electron chi connectivity index (χ0n) is 10.6. The van der Waals surface area contributed by atoms with Gasteiger partial charge in [-0.25, -0.2) is 0 Å². The summed E-state index contributed by atoms with van der Waals surface area (Å²) in [7, 11) is 2.03. The number of nitriles is 1. The van der Waals surface area contributed by atoms with Crippen molar-refractivity contribution in [3.05, 3.63) is 35.4 Å². The molecule has 3 heteroatoms. The van der Waals surface area contributed by atoms with Gasteiger partial charge >= 0.3 is 0 Å². The molecule has 1 aromatic carbocycles. The number of aliphatic hydroxyl groups is 1. The third kappa shape index (κ3) is 1.50. The number of nitrogens with zero attached hydrogens (tertiary/aromatic N) is 2. The van der Waals surface area contributed by atoms with E-state index in [0.717, 1.165) is 24.9 Å². The molecule has 3 rings (SSSR count). The second kappa shape index (κ2) is 4.08. The maximum atomic E-state index is 11.2. The van der Waals surface area contributed by atoms with Gasteiger partial charge in [-0.1, -0.05) is 24.3 Å². The van der Waals surface area contributed by atoms with Crippen LogP contribution in [0.5, 0.6) is 0 Å². The lowest BCUT2D eigenvalue weighted by atomic mass is 9.63. The van der Waals surface area contributed by atoms with E-state index in [1.54, 1.807) is 0 Å². The van der Waals surface area contributed by atoms with Crippen LogP contribution in [-0.2, 0) is 12.0 Å². The smallest absolute Gasteiger partial charge is 0.111 e. The lowest BCUT2D eigenvalue weighted by Gasteiger charge is -2.50. The molecule has 0 amide bonds. The number of hydrogen-bond acceptors (Lipinski definition) is 3. The monoisotopic (exact) mass is 242 g/mol. The van der Waals surface area contributed by atoms with Crippen molar-refractivity contribution in [1.82, 2.24) is 4.90 Å². The highest BCUT2D eigenvalue weighted by atomic mass is 16.3. The van der Waals surface area contributed by atoms with E-state index >= 15 is 0 Å². The quantitative estimate of drug-likeness (QED) is 0.750. The van der Waals surface area contributed by atoms with Crippen LogP contribution in [0.2, 0.25) is 0 Å². The molecule has 0 saturated carbocycles. The van der Waals surface area contributed by atoms with Gasteiger partial charge in [0.05, 0.1) is 12.0 Å². The fourth-order valence-corrected chi connectivity index (χ4v) is 3.64. The lowest BCUT2D eigenvalue weighted by Crippen LogP contribution is -2.56. The highest BCUT2D eigenvalue weighted by Crippen LogP contribution is 2.47. The minimum atomic E-state index is -0.948. The van der Waals surface area contributed by atoms with E-state index in [-0.39, 0.29) is 11.8 Å². The number of piperidine rings is 1. The van der Waals surface area contributed by atoms with E-state index in [2.05, 4.69) is 17.0 Å². The number of rotatable bonds is 0. The van der Waals surface area contributed by atoms with Gasteiger partial charge < -0.3 is 10.0 Å². The molecular weight excluding hydrogens is 224 g/mol. The normalized spacial score (nSPS) is 35.4. The summed E-state index contributed by atoms with van der Waals surface area (Å²) in [6.45, 7) is 1.53. The van der Waals surface area contributed by atoms with Gasteiger partial charge in [-0.3, -0.25) is 0 Å². The van der Waals surface area contributed by atoms with Crippen LogP contribution in [-0.4, -0.2) is 30.1 Å². The van der Waals surface area contributed by atoms with E-state index in [0.29, 0.717) is 6.54 Å². The van der Waals surface area contributed by atoms with E-state index in [9.17, 15) is 10.4 Å². The Bertz CT molecular complexity index is 507. The summed E-state index contributed by atoms with van der Waals surface area (Å²) in [6.07, 6.45) is 1.98. The van der Waals surface area contributed by atoms with E-state index in [1.807, 2.05) is 25.2 Å². The molecule has 18 heavy (non-hydrogen) atoms. The molecule has 0 radical (unpaired) electrons. The number of hydrogen-bond donors (Lipinski definition) is 1. The van der Waals surface area contributed by atoms with Crippen LogP contribution in [0.1, 0.15) is 17.5 Å². The molecular formula is C15H18N2O. The molecule has 1 fully saturated rings. The molecule has 3 atom stereocenters. The van der Waals surface area contributed by atoms with E-state index in [4.69, 9.17) is 0 Å². The summed E-state index contributed by atoms with van der Waals surface area (Å²) in [5, 5.41) is 20.6. The Morgan fingerprint density at radius 1 is 1.39 bits per heavy atom. The second-order valence-electron chi connectivity index (χ2n) is 5.62. The molecule has 1 aromatic rings. The molecule has 94 valence electrons. The first-order valence-electron chi connectivity index (χ1n) is 6.55. The molecule has 0 unspecified atom stereocenters. The van der Waals surface area contributed by atoms with Crippen LogP contribution in [0.4, 0.5) is 0 Å². The van der Waals surface area contributed by atoms with Gasteiger partial charge in [-0.05, 0) is 31.0 Å². The first-order chi connectivity index (χ1) is 8.66. The van der Waals surface area contributed by atoms with Crippen LogP contribution < -0.4 is 0 Å².